The maximum absolute atomic E-state index is 6.19. The third-order valence-corrected chi connectivity index (χ3v) is 5.59. The Labute approximate surface area is 122 Å². The monoisotopic (exact) mass is 295 g/mol. The minimum Gasteiger partial charge on any atom is -0.444 e. The van der Waals surface area contributed by atoms with Crippen LogP contribution in [0.25, 0.3) is 11.0 Å². The first kappa shape index (κ1) is 13.3. The summed E-state index contributed by atoms with van der Waals surface area (Å²) in [5.41, 5.74) is 1.94. The molecule has 1 unspecified atom stereocenters. The highest BCUT2D eigenvalue weighted by molar-refractivity contribution is 8.00. The zero-order valence-corrected chi connectivity index (χ0v) is 12.6. The molecule has 1 aromatic carbocycles. The van der Waals surface area contributed by atoms with Crippen LogP contribution < -0.4 is 5.32 Å². The summed E-state index contributed by atoms with van der Waals surface area (Å²) >= 11 is 8.26. The summed E-state index contributed by atoms with van der Waals surface area (Å²) in [6.07, 6.45) is 2.63. The first-order valence-corrected chi connectivity index (χ1v) is 8.05. The van der Waals surface area contributed by atoms with Crippen LogP contribution in [-0.4, -0.2) is 17.0 Å². The van der Waals surface area contributed by atoms with Crippen LogP contribution in [-0.2, 0) is 6.54 Å². The molecule has 2 aromatic rings. The average molecular weight is 296 g/mol. The van der Waals surface area contributed by atoms with Gasteiger partial charge in [0.15, 0.2) is 5.22 Å². The molecular weight excluding hydrogens is 278 g/mol. The molecule has 0 bridgehead atoms. The van der Waals surface area contributed by atoms with Crippen molar-refractivity contribution in [1.29, 1.82) is 0 Å². The van der Waals surface area contributed by atoms with Gasteiger partial charge in [-0.05, 0) is 43.2 Å². The van der Waals surface area contributed by atoms with E-state index in [0.717, 1.165) is 29.6 Å². The van der Waals surface area contributed by atoms with Crippen molar-refractivity contribution in [1.82, 2.24) is 5.32 Å². The van der Waals surface area contributed by atoms with E-state index >= 15 is 0 Å². The van der Waals surface area contributed by atoms with Crippen LogP contribution in [0.15, 0.2) is 28.7 Å². The number of fused-ring (bicyclic) bond motifs is 1. The topological polar surface area (TPSA) is 25.2 Å². The Morgan fingerprint density at radius 3 is 3.05 bits per heavy atom. The Hall–Kier alpha value is -0.640. The number of hydrogen-bond acceptors (Lipinski definition) is 3. The van der Waals surface area contributed by atoms with E-state index in [9.17, 15) is 0 Å². The van der Waals surface area contributed by atoms with Gasteiger partial charge in [-0.25, -0.2) is 0 Å². The van der Waals surface area contributed by atoms with E-state index in [4.69, 9.17) is 16.0 Å². The standard InChI is InChI=1S/C15H18ClNOS/c1-15(7-4-8-19-15)10-17-9-12-11-5-2-3-6-13(11)18-14(12)16/h2-3,5-6,17H,4,7-10H2,1H3. The Bertz CT molecular complexity index is 575. The smallest absolute Gasteiger partial charge is 0.199 e. The van der Waals surface area contributed by atoms with Crippen molar-refractivity contribution in [2.24, 2.45) is 0 Å². The SMILES string of the molecule is CC1(CNCc2c(Cl)oc3ccccc23)CCCS1. The Balaban J connectivity index is 1.70. The van der Waals surface area contributed by atoms with E-state index < -0.39 is 0 Å². The van der Waals surface area contributed by atoms with Crippen LogP contribution in [0.4, 0.5) is 0 Å². The van der Waals surface area contributed by atoms with Crippen molar-refractivity contribution in [3.8, 4) is 0 Å². The Morgan fingerprint density at radius 2 is 2.26 bits per heavy atom. The molecule has 0 saturated carbocycles. The molecule has 1 aromatic heterocycles. The number of halogens is 1. The minimum absolute atomic E-state index is 0.381. The van der Waals surface area contributed by atoms with Crippen LogP contribution in [0.3, 0.4) is 0 Å². The number of furan rings is 1. The summed E-state index contributed by atoms with van der Waals surface area (Å²) in [6, 6.07) is 8.01. The van der Waals surface area contributed by atoms with Gasteiger partial charge in [0.25, 0.3) is 0 Å². The van der Waals surface area contributed by atoms with E-state index in [0.29, 0.717) is 9.97 Å². The molecule has 1 atom stereocenters. The molecule has 1 saturated heterocycles. The molecule has 1 aliphatic heterocycles. The molecule has 0 radical (unpaired) electrons. The lowest BCUT2D eigenvalue weighted by molar-refractivity contribution is 0.534. The van der Waals surface area contributed by atoms with E-state index in [1.165, 1.54) is 18.6 Å². The predicted molar refractivity (Wildman–Crippen MR) is 83.0 cm³/mol. The van der Waals surface area contributed by atoms with Gasteiger partial charge in [-0.15, -0.1) is 0 Å². The summed E-state index contributed by atoms with van der Waals surface area (Å²) in [5, 5.41) is 5.16. The number of benzene rings is 1. The van der Waals surface area contributed by atoms with Crippen LogP contribution in [0.5, 0.6) is 0 Å². The molecule has 0 amide bonds. The maximum atomic E-state index is 6.19. The molecule has 2 heterocycles. The van der Waals surface area contributed by atoms with Gasteiger partial charge >= 0.3 is 0 Å². The third kappa shape index (κ3) is 2.78. The number of rotatable bonds is 4. The van der Waals surface area contributed by atoms with Crippen molar-refractivity contribution in [2.45, 2.75) is 31.1 Å². The number of hydrogen-bond donors (Lipinski definition) is 1. The van der Waals surface area contributed by atoms with Gasteiger partial charge in [-0.3, -0.25) is 0 Å². The molecule has 1 aliphatic rings. The molecule has 4 heteroatoms. The number of nitrogens with one attached hydrogen (secondary N) is 1. The Morgan fingerprint density at radius 1 is 1.42 bits per heavy atom. The summed E-state index contributed by atoms with van der Waals surface area (Å²) in [4.78, 5) is 0. The second-order valence-corrected chi connectivity index (χ2v) is 7.38. The van der Waals surface area contributed by atoms with Gasteiger partial charge in [0.05, 0.1) is 0 Å². The molecule has 102 valence electrons. The fourth-order valence-corrected chi connectivity index (χ4v) is 4.19. The van der Waals surface area contributed by atoms with Crippen LogP contribution in [0, 0.1) is 0 Å². The normalized spacial score (nSPS) is 23.3. The van der Waals surface area contributed by atoms with E-state index in [-0.39, 0.29) is 0 Å². The summed E-state index contributed by atoms with van der Waals surface area (Å²) < 4.78 is 5.95. The lowest BCUT2D eigenvalue weighted by atomic mass is 10.1. The molecule has 2 nitrogen and oxygen atoms in total. The van der Waals surface area contributed by atoms with Gasteiger partial charge in [0, 0.05) is 28.8 Å². The lowest BCUT2D eigenvalue weighted by Crippen LogP contribution is -2.32. The molecule has 19 heavy (non-hydrogen) atoms. The van der Waals surface area contributed by atoms with Gasteiger partial charge in [-0.2, -0.15) is 11.8 Å². The molecular formula is C15H18ClNOS. The van der Waals surface area contributed by atoms with Gasteiger partial charge in [-0.1, -0.05) is 18.2 Å². The fraction of sp³-hybridized carbons (Fsp3) is 0.467. The van der Waals surface area contributed by atoms with Crippen molar-refractivity contribution in [2.75, 3.05) is 12.3 Å². The van der Waals surface area contributed by atoms with Crippen LogP contribution >= 0.6 is 23.4 Å². The largest absolute Gasteiger partial charge is 0.444 e. The fourth-order valence-electron chi connectivity index (χ4n) is 2.66. The van der Waals surface area contributed by atoms with E-state index in [1.54, 1.807) is 0 Å². The second kappa shape index (κ2) is 5.39. The van der Waals surface area contributed by atoms with Gasteiger partial charge in [0.1, 0.15) is 5.58 Å². The predicted octanol–water partition coefficient (Wildman–Crippen LogP) is 4.46. The second-order valence-electron chi connectivity index (χ2n) is 5.36. The summed E-state index contributed by atoms with van der Waals surface area (Å²) in [5.74, 6) is 1.29. The highest BCUT2D eigenvalue weighted by atomic mass is 35.5. The zero-order chi connectivity index (χ0) is 13.3. The van der Waals surface area contributed by atoms with Crippen molar-refractivity contribution in [3.05, 3.63) is 35.0 Å². The summed E-state index contributed by atoms with van der Waals surface area (Å²) in [6.45, 7) is 4.13. The van der Waals surface area contributed by atoms with Crippen molar-refractivity contribution in [3.63, 3.8) is 0 Å². The van der Waals surface area contributed by atoms with Crippen molar-refractivity contribution < 1.29 is 4.42 Å². The quantitative estimate of drug-likeness (QED) is 0.901. The maximum Gasteiger partial charge on any atom is 0.199 e. The molecule has 1 fully saturated rings. The zero-order valence-electron chi connectivity index (χ0n) is 11.0. The molecule has 0 spiro atoms. The van der Waals surface area contributed by atoms with Gasteiger partial charge in [0.2, 0.25) is 0 Å². The van der Waals surface area contributed by atoms with Crippen LogP contribution in [0.2, 0.25) is 5.22 Å². The van der Waals surface area contributed by atoms with Crippen molar-refractivity contribution >= 4 is 34.3 Å². The molecule has 0 aliphatic carbocycles. The molecule has 1 N–H and O–H groups in total. The summed E-state index contributed by atoms with van der Waals surface area (Å²) in [7, 11) is 0. The first-order chi connectivity index (χ1) is 9.18. The minimum atomic E-state index is 0.381. The van der Waals surface area contributed by atoms with Gasteiger partial charge < -0.3 is 9.73 Å². The Kier molecular flexibility index (Phi) is 3.79. The lowest BCUT2D eigenvalue weighted by Gasteiger charge is -2.22. The van der Waals surface area contributed by atoms with E-state index in [2.05, 4.69) is 30.1 Å². The first-order valence-electron chi connectivity index (χ1n) is 6.69. The number of para-hydroxylation sites is 1. The van der Waals surface area contributed by atoms with Crippen LogP contribution in [0.1, 0.15) is 25.3 Å². The highest BCUT2D eigenvalue weighted by Crippen LogP contribution is 2.37. The average Bonchev–Trinajstić information content (AvgIpc) is 2.95. The molecule has 3 rings (SSSR count). The highest BCUT2D eigenvalue weighted by Gasteiger charge is 2.28. The van der Waals surface area contributed by atoms with E-state index in [1.807, 2.05) is 18.2 Å². The third-order valence-electron chi connectivity index (χ3n) is 3.75. The number of thioether (sulfide) groups is 1.